The number of hydrogen-bond donors (Lipinski definition) is 2. The van der Waals surface area contributed by atoms with Crippen LogP contribution in [-0.4, -0.2) is 40.7 Å². The molecule has 2 N–H and O–H groups in total. The van der Waals surface area contributed by atoms with Gasteiger partial charge < -0.3 is 19.9 Å². The van der Waals surface area contributed by atoms with Gasteiger partial charge in [-0.2, -0.15) is 0 Å². The lowest BCUT2D eigenvalue weighted by Crippen LogP contribution is -2.30. The molecule has 0 saturated carbocycles. The quantitative estimate of drug-likeness (QED) is 0.809. The summed E-state index contributed by atoms with van der Waals surface area (Å²) < 4.78 is 21.7. The van der Waals surface area contributed by atoms with Crippen molar-refractivity contribution < 1.29 is 18.8 Å². The van der Waals surface area contributed by atoms with Crippen molar-refractivity contribution in [2.45, 2.75) is 18.3 Å². The summed E-state index contributed by atoms with van der Waals surface area (Å²) in [5.74, 6) is 1.37. The van der Waals surface area contributed by atoms with Gasteiger partial charge in [0, 0.05) is 35.4 Å². The molecule has 3 atom stereocenters. The van der Waals surface area contributed by atoms with Crippen LogP contribution in [0.3, 0.4) is 0 Å². The molecule has 19 heavy (non-hydrogen) atoms. The summed E-state index contributed by atoms with van der Waals surface area (Å²) in [4.78, 5) is 0. The molecule has 1 aromatic carbocycles. The van der Waals surface area contributed by atoms with Crippen LogP contribution in [0.1, 0.15) is 18.6 Å². The van der Waals surface area contributed by atoms with Crippen LogP contribution in [-0.2, 0) is 10.8 Å². The van der Waals surface area contributed by atoms with Gasteiger partial charge in [0.2, 0.25) is 6.79 Å². The molecule has 1 heterocycles. The summed E-state index contributed by atoms with van der Waals surface area (Å²) in [6.07, 6.45) is 1.06. The van der Waals surface area contributed by atoms with E-state index in [0.717, 1.165) is 5.56 Å². The first kappa shape index (κ1) is 14.3. The number of benzene rings is 1. The van der Waals surface area contributed by atoms with E-state index in [0.29, 0.717) is 24.6 Å². The second kappa shape index (κ2) is 6.36. The third-order valence-corrected chi connectivity index (χ3v) is 4.42. The molecule has 0 fully saturated rings. The summed E-state index contributed by atoms with van der Waals surface area (Å²) in [6.45, 7) is 3.18. The van der Waals surface area contributed by atoms with Gasteiger partial charge in [-0.3, -0.25) is 4.21 Å². The summed E-state index contributed by atoms with van der Waals surface area (Å²) in [5.41, 5.74) is 0.780. The molecule has 0 saturated heterocycles. The van der Waals surface area contributed by atoms with E-state index in [1.807, 2.05) is 13.0 Å². The van der Waals surface area contributed by atoms with Crippen molar-refractivity contribution in [3.05, 3.63) is 23.8 Å². The first-order chi connectivity index (χ1) is 9.08. The van der Waals surface area contributed by atoms with Crippen LogP contribution >= 0.6 is 0 Å². The summed E-state index contributed by atoms with van der Waals surface area (Å²) in [5, 5.41) is 13.3. The molecule has 106 valence electrons. The smallest absolute Gasteiger partial charge is 0.231 e. The maximum absolute atomic E-state index is 11.2. The number of rotatable bonds is 6. The highest BCUT2D eigenvalue weighted by Crippen LogP contribution is 2.33. The molecule has 2 rings (SSSR count). The number of aliphatic hydroxyl groups excluding tert-OH is 1. The Balaban J connectivity index is 1.86. The van der Waals surface area contributed by atoms with Crippen molar-refractivity contribution in [1.82, 2.24) is 5.32 Å². The van der Waals surface area contributed by atoms with Gasteiger partial charge in [-0.15, -0.1) is 0 Å². The van der Waals surface area contributed by atoms with Crippen LogP contribution in [0, 0.1) is 0 Å². The maximum atomic E-state index is 11.2. The number of nitrogens with one attached hydrogen (secondary N) is 1. The third kappa shape index (κ3) is 3.68. The predicted molar refractivity (Wildman–Crippen MR) is 73.9 cm³/mol. The molecule has 5 nitrogen and oxygen atoms in total. The van der Waals surface area contributed by atoms with E-state index >= 15 is 0 Å². The van der Waals surface area contributed by atoms with Gasteiger partial charge in [-0.1, -0.05) is 6.07 Å². The Bertz CT molecular complexity index is 466. The molecule has 1 aliphatic rings. The normalized spacial score (nSPS) is 18.1. The van der Waals surface area contributed by atoms with E-state index in [1.165, 1.54) is 0 Å². The van der Waals surface area contributed by atoms with E-state index in [-0.39, 0.29) is 12.0 Å². The van der Waals surface area contributed by atoms with Gasteiger partial charge in [0.05, 0.1) is 6.10 Å². The highest BCUT2D eigenvalue weighted by molar-refractivity contribution is 7.84. The maximum Gasteiger partial charge on any atom is 0.231 e. The zero-order chi connectivity index (χ0) is 13.8. The van der Waals surface area contributed by atoms with E-state index in [4.69, 9.17) is 9.47 Å². The standard InChI is InChI=1S/C13H19NO4S/c1-9(19(2)16)6-14-7-11(15)10-3-4-12-13(5-10)18-8-17-12/h3-5,9,11,14-15H,6-8H2,1-2H3. The molecule has 3 unspecified atom stereocenters. The Morgan fingerprint density at radius 1 is 1.37 bits per heavy atom. The third-order valence-electron chi connectivity index (χ3n) is 3.12. The van der Waals surface area contributed by atoms with E-state index in [9.17, 15) is 9.32 Å². The number of fused-ring (bicyclic) bond motifs is 1. The van der Waals surface area contributed by atoms with E-state index in [1.54, 1.807) is 18.4 Å². The van der Waals surface area contributed by atoms with Crippen molar-refractivity contribution in [2.75, 3.05) is 26.1 Å². The highest BCUT2D eigenvalue weighted by atomic mass is 32.2. The van der Waals surface area contributed by atoms with Gasteiger partial charge in [-0.05, 0) is 24.6 Å². The largest absolute Gasteiger partial charge is 0.454 e. The van der Waals surface area contributed by atoms with Crippen LogP contribution in [0.2, 0.25) is 0 Å². The van der Waals surface area contributed by atoms with Gasteiger partial charge in [0.1, 0.15) is 0 Å². The van der Waals surface area contributed by atoms with Gasteiger partial charge in [0.25, 0.3) is 0 Å². The molecule has 0 aromatic heterocycles. The Labute approximate surface area is 115 Å². The molecule has 0 bridgehead atoms. The minimum Gasteiger partial charge on any atom is -0.454 e. The van der Waals surface area contributed by atoms with Gasteiger partial charge in [-0.25, -0.2) is 0 Å². The number of ether oxygens (including phenoxy) is 2. The van der Waals surface area contributed by atoms with Crippen molar-refractivity contribution >= 4 is 10.8 Å². The van der Waals surface area contributed by atoms with Crippen LogP contribution in [0.5, 0.6) is 11.5 Å². The molecule has 0 spiro atoms. The fourth-order valence-electron chi connectivity index (χ4n) is 1.78. The summed E-state index contributed by atoms with van der Waals surface area (Å²) >= 11 is 0. The second-order valence-electron chi connectivity index (χ2n) is 4.60. The fourth-order valence-corrected chi connectivity index (χ4v) is 2.13. The van der Waals surface area contributed by atoms with Crippen molar-refractivity contribution in [1.29, 1.82) is 0 Å². The first-order valence-electron chi connectivity index (χ1n) is 6.18. The molecule has 0 aliphatic carbocycles. The van der Waals surface area contributed by atoms with Gasteiger partial charge >= 0.3 is 0 Å². The minimum absolute atomic E-state index is 0.0731. The molecule has 6 heteroatoms. The number of hydrogen-bond acceptors (Lipinski definition) is 5. The van der Waals surface area contributed by atoms with Crippen LogP contribution < -0.4 is 14.8 Å². The highest BCUT2D eigenvalue weighted by Gasteiger charge is 2.16. The second-order valence-corrected chi connectivity index (χ2v) is 6.40. The molecule has 0 radical (unpaired) electrons. The fraction of sp³-hybridized carbons (Fsp3) is 0.538. The molecular formula is C13H19NO4S. The van der Waals surface area contributed by atoms with Crippen LogP contribution in [0.4, 0.5) is 0 Å². The zero-order valence-corrected chi connectivity index (χ0v) is 11.9. The Kier molecular flexibility index (Phi) is 4.79. The molecule has 0 amide bonds. The topological polar surface area (TPSA) is 67.8 Å². The van der Waals surface area contributed by atoms with Crippen molar-refractivity contribution in [3.8, 4) is 11.5 Å². The zero-order valence-electron chi connectivity index (χ0n) is 11.1. The first-order valence-corrected chi connectivity index (χ1v) is 7.80. The lowest BCUT2D eigenvalue weighted by Gasteiger charge is -2.14. The molecule has 1 aromatic rings. The minimum atomic E-state index is -0.850. The Hall–Kier alpha value is -1.11. The lowest BCUT2D eigenvalue weighted by atomic mass is 10.1. The van der Waals surface area contributed by atoms with E-state index < -0.39 is 16.9 Å². The lowest BCUT2D eigenvalue weighted by molar-refractivity contribution is 0.170. The summed E-state index contributed by atoms with van der Waals surface area (Å²) in [6, 6.07) is 5.40. The average molecular weight is 285 g/mol. The molecular weight excluding hydrogens is 266 g/mol. The van der Waals surface area contributed by atoms with Crippen molar-refractivity contribution in [2.24, 2.45) is 0 Å². The van der Waals surface area contributed by atoms with E-state index in [2.05, 4.69) is 5.32 Å². The summed E-state index contributed by atoms with van der Waals surface area (Å²) in [7, 11) is -0.850. The predicted octanol–water partition coefficient (Wildman–Crippen LogP) is 0.805. The SMILES string of the molecule is CC(CNCC(O)c1ccc2c(c1)OCO2)S(C)=O. The Morgan fingerprint density at radius 3 is 2.84 bits per heavy atom. The molecule has 1 aliphatic heterocycles. The number of aliphatic hydroxyl groups is 1. The Morgan fingerprint density at radius 2 is 2.11 bits per heavy atom. The van der Waals surface area contributed by atoms with Crippen molar-refractivity contribution in [3.63, 3.8) is 0 Å². The van der Waals surface area contributed by atoms with Crippen LogP contribution in [0.15, 0.2) is 18.2 Å². The van der Waals surface area contributed by atoms with Crippen LogP contribution in [0.25, 0.3) is 0 Å². The van der Waals surface area contributed by atoms with Gasteiger partial charge in [0.15, 0.2) is 11.5 Å². The average Bonchev–Trinajstić information content (AvgIpc) is 2.85. The monoisotopic (exact) mass is 285 g/mol.